The van der Waals surface area contributed by atoms with Crippen molar-refractivity contribution in [2.24, 2.45) is 0 Å². The molecular weight excluding hydrogens is 258 g/mol. The number of H-pyrrole nitrogens is 1. The molecule has 0 spiro atoms. The quantitative estimate of drug-likeness (QED) is 0.628. The fraction of sp³-hybridized carbons (Fsp3) is 0.333. The number of rotatable bonds is 6. The molecule has 0 bridgehead atoms. The zero-order valence-corrected chi connectivity index (χ0v) is 10.3. The molecule has 0 fully saturated rings. The molecule has 9 heteroatoms. The summed E-state index contributed by atoms with van der Waals surface area (Å²) in [5, 5.41) is 18.8. The molecular formula is C9H13N5O3S. The first kappa shape index (κ1) is 12.7. The standard InChI is InChI=1S/C9H13N5O3S/c15-7-8-6-10-13-9(8)18(16,17)12-3-5-14-4-1-2-11-14/h1-2,4,6,12,15H,3,5,7H2,(H,10,13). The molecule has 98 valence electrons. The Bertz CT molecular complexity index is 590. The molecule has 2 heterocycles. The van der Waals surface area contributed by atoms with Crippen LogP contribution in [-0.4, -0.2) is 40.0 Å². The molecule has 0 saturated carbocycles. The highest BCUT2D eigenvalue weighted by Crippen LogP contribution is 2.10. The molecule has 8 nitrogen and oxygen atoms in total. The van der Waals surface area contributed by atoms with Gasteiger partial charge >= 0.3 is 0 Å². The van der Waals surface area contributed by atoms with Crippen LogP contribution in [0.2, 0.25) is 0 Å². The van der Waals surface area contributed by atoms with Gasteiger partial charge in [-0.1, -0.05) is 0 Å². The van der Waals surface area contributed by atoms with E-state index in [0.717, 1.165) is 0 Å². The third-order valence-electron chi connectivity index (χ3n) is 2.31. The van der Waals surface area contributed by atoms with E-state index in [9.17, 15) is 8.42 Å². The molecule has 2 aromatic heterocycles. The topological polar surface area (TPSA) is 113 Å². The second-order valence-electron chi connectivity index (χ2n) is 3.55. The van der Waals surface area contributed by atoms with Gasteiger partial charge in [-0.15, -0.1) is 0 Å². The van der Waals surface area contributed by atoms with Crippen molar-refractivity contribution in [1.29, 1.82) is 0 Å². The highest BCUT2D eigenvalue weighted by molar-refractivity contribution is 7.89. The second kappa shape index (κ2) is 5.29. The molecule has 2 aromatic rings. The van der Waals surface area contributed by atoms with Gasteiger partial charge in [0.2, 0.25) is 0 Å². The summed E-state index contributed by atoms with van der Waals surface area (Å²) < 4.78 is 27.8. The minimum atomic E-state index is -3.68. The molecule has 0 unspecified atom stereocenters. The third-order valence-corrected chi connectivity index (χ3v) is 3.78. The number of nitrogens with one attached hydrogen (secondary N) is 2. The van der Waals surface area contributed by atoms with E-state index < -0.39 is 10.0 Å². The number of hydrogen-bond acceptors (Lipinski definition) is 5. The summed E-state index contributed by atoms with van der Waals surface area (Å²) in [5.41, 5.74) is 0.238. The van der Waals surface area contributed by atoms with Gasteiger partial charge in [0.15, 0.2) is 5.03 Å². The summed E-state index contributed by atoms with van der Waals surface area (Å²) in [6, 6.07) is 1.76. The van der Waals surface area contributed by atoms with Gasteiger partial charge in [0.25, 0.3) is 10.0 Å². The molecule has 0 saturated heterocycles. The predicted molar refractivity (Wildman–Crippen MR) is 61.9 cm³/mol. The first-order valence-corrected chi connectivity index (χ1v) is 6.72. The van der Waals surface area contributed by atoms with Crippen LogP contribution in [0.1, 0.15) is 5.56 Å². The van der Waals surface area contributed by atoms with Crippen LogP contribution in [-0.2, 0) is 23.2 Å². The number of aliphatic hydroxyl groups excluding tert-OH is 1. The van der Waals surface area contributed by atoms with Crippen LogP contribution < -0.4 is 4.72 Å². The Hall–Kier alpha value is -1.71. The monoisotopic (exact) mass is 271 g/mol. The average Bonchev–Trinajstić information content (AvgIpc) is 2.99. The van der Waals surface area contributed by atoms with E-state index in [1.165, 1.54) is 6.20 Å². The van der Waals surface area contributed by atoms with Gasteiger partial charge in [0.1, 0.15) is 0 Å². The lowest BCUT2D eigenvalue weighted by molar-refractivity contribution is 0.278. The summed E-state index contributed by atoms with van der Waals surface area (Å²) >= 11 is 0. The molecule has 0 aromatic carbocycles. The zero-order chi connectivity index (χ0) is 13.0. The maximum absolute atomic E-state index is 11.9. The number of sulfonamides is 1. The highest BCUT2D eigenvalue weighted by atomic mass is 32.2. The minimum absolute atomic E-state index is 0.106. The number of aliphatic hydroxyl groups is 1. The van der Waals surface area contributed by atoms with E-state index in [1.54, 1.807) is 23.1 Å². The van der Waals surface area contributed by atoms with Crippen LogP contribution in [0.5, 0.6) is 0 Å². The van der Waals surface area contributed by atoms with Crippen molar-refractivity contribution < 1.29 is 13.5 Å². The van der Waals surface area contributed by atoms with E-state index >= 15 is 0 Å². The van der Waals surface area contributed by atoms with Crippen molar-refractivity contribution in [2.75, 3.05) is 6.54 Å². The summed E-state index contributed by atoms with van der Waals surface area (Å²) in [6.07, 6.45) is 4.64. The van der Waals surface area contributed by atoms with Gasteiger partial charge in [-0.2, -0.15) is 10.2 Å². The maximum atomic E-state index is 11.9. The molecule has 3 N–H and O–H groups in total. The van der Waals surface area contributed by atoms with E-state index in [1.807, 2.05) is 0 Å². The smallest absolute Gasteiger partial charge is 0.257 e. The Morgan fingerprint density at radius 2 is 2.33 bits per heavy atom. The van der Waals surface area contributed by atoms with Crippen molar-refractivity contribution in [3.8, 4) is 0 Å². The third kappa shape index (κ3) is 2.75. The molecule has 0 amide bonds. The van der Waals surface area contributed by atoms with Crippen LogP contribution in [0.15, 0.2) is 29.7 Å². The van der Waals surface area contributed by atoms with Crippen LogP contribution in [0, 0.1) is 0 Å². The fourth-order valence-electron chi connectivity index (χ4n) is 1.44. The van der Waals surface area contributed by atoms with Crippen molar-refractivity contribution in [3.05, 3.63) is 30.2 Å². The minimum Gasteiger partial charge on any atom is -0.392 e. The van der Waals surface area contributed by atoms with Crippen molar-refractivity contribution in [3.63, 3.8) is 0 Å². The Kier molecular flexibility index (Phi) is 3.75. The largest absolute Gasteiger partial charge is 0.392 e. The van der Waals surface area contributed by atoms with Crippen molar-refractivity contribution in [1.82, 2.24) is 24.7 Å². The van der Waals surface area contributed by atoms with Gasteiger partial charge < -0.3 is 5.11 Å². The van der Waals surface area contributed by atoms with E-state index in [-0.39, 0.29) is 23.7 Å². The maximum Gasteiger partial charge on any atom is 0.257 e. The van der Waals surface area contributed by atoms with Crippen molar-refractivity contribution >= 4 is 10.0 Å². The number of aromatic amines is 1. The predicted octanol–water partition coefficient (Wildman–Crippen LogP) is -0.923. The van der Waals surface area contributed by atoms with Gasteiger partial charge in [-0.05, 0) is 6.07 Å². The summed E-state index contributed by atoms with van der Waals surface area (Å²) in [7, 11) is -3.68. The van der Waals surface area contributed by atoms with Gasteiger partial charge in [-0.25, -0.2) is 13.1 Å². The first-order valence-electron chi connectivity index (χ1n) is 5.23. The highest BCUT2D eigenvalue weighted by Gasteiger charge is 2.19. The summed E-state index contributed by atoms with van der Waals surface area (Å²) in [4.78, 5) is 0. The van der Waals surface area contributed by atoms with E-state index in [4.69, 9.17) is 5.11 Å². The molecule has 0 radical (unpaired) electrons. The van der Waals surface area contributed by atoms with Gasteiger partial charge in [0, 0.05) is 24.5 Å². The van der Waals surface area contributed by atoms with Crippen LogP contribution >= 0.6 is 0 Å². The zero-order valence-electron chi connectivity index (χ0n) is 9.44. The summed E-state index contributed by atoms with van der Waals surface area (Å²) in [5.74, 6) is 0. The molecule has 2 rings (SSSR count). The lowest BCUT2D eigenvalue weighted by atomic mass is 10.4. The van der Waals surface area contributed by atoms with Crippen LogP contribution in [0.25, 0.3) is 0 Å². The lowest BCUT2D eigenvalue weighted by Gasteiger charge is -2.06. The van der Waals surface area contributed by atoms with Gasteiger partial charge in [-0.3, -0.25) is 9.78 Å². The Balaban J connectivity index is 1.99. The average molecular weight is 271 g/mol. The first-order chi connectivity index (χ1) is 8.63. The molecule has 0 aliphatic heterocycles. The van der Waals surface area contributed by atoms with Crippen molar-refractivity contribution in [2.45, 2.75) is 18.2 Å². The molecule has 0 aliphatic carbocycles. The molecule has 0 atom stereocenters. The molecule has 18 heavy (non-hydrogen) atoms. The van der Waals surface area contributed by atoms with E-state index in [2.05, 4.69) is 20.0 Å². The fourth-order valence-corrected chi connectivity index (χ4v) is 2.58. The second-order valence-corrected chi connectivity index (χ2v) is 5.25. The Labute approximate surface area is 104 Å². The van der Waals surface area contributed by atoms with Gasteiger partial charge in [0.05, 0.1) is 19.3 Å². The normalized spacial score (nSPS) is 11.8. The van der Waals surface area contributed by atoms with Crippen LogP contribution in [0.4, 0.5) is 0 Å². The molecule has 0 aliphatic rings. The Morgan fingerprint density at radius 1 is 1.50 bits per heavy atom. The Morgan fingerprint density at radius 3 is 3.00 bits per heavy atom. The lowest BCUT2D eigenvalue weighted by Crippen LogP contribution is -2.28. The van der Waals surface area contributed by atoms with E-state index in [0.29, 0.717) is 6.54 Å². The number of nitrogens with zero attached hydrogens (tertiary/aromatic N) is 3. The van der Waals surface area contributed by atoms with Crippen LogP contribution in [0.3, 0.4) is 0 Å². The number of aromatic nitrogens is 4. The SMILES string of the molecule is O=S(=O)(NCCn1cccn1)c1[nH]ncc1CO. The number of hydrogen-bond donors (Lipinski definition) is 3. The summed E-state index contributed by atoms with van der Waals surface area (Å²) in [6.45, 7) is 0.245.